The van der Waals surface area contributed by atoms with E-state index in [0.717, 1.165) is 15.8 Å². The Bertz CT molecular complexity index is 329. The molecule has 64 valence electrons. The summed E-state index contributed by atoms with van der Waals surface area (Å²) in [5, 5.41) is 0.655. The SMILES string of the molecule is N[C@@H]1COc2c1ccc(Cl)c2Br. The summed E-state index contributed by atoms with van der Waals surface area (Å²) < 4.78 is 6.17. The number of hydrogen-bond acceptors (Lipinski definition) is 2. The van der Waals surface area contributed by atoms with E-state index in [9.17, 15) is 0 Å². The molecule has 0 spiro atoms. The van der Waals surface area contributed by atoms with Crippen LogP contribution >= 0.6 is 27.5 Å². The van der Waals surface area contributed by atoms with Crippen LogP contribution in [0, 0.1) is 0 Å². The molecule has 1 atom stereocenters. The zero-order chi connectivity index (χ0) is 8.72. The molecule has 0 saturated carbocycles. The molecule has 2 rings (SSSR count). The fourth-order valence-corrected chi connectivity index (χ4v) is 1.87. The van der Waals surface area contributed by atoms with E-state index >= 15 is 0 Å². The van der Waals surface area contributed by atoms with Gasteiger partial charge >= 0.3 is 0 Å². The lowest BCUT2D eigenvalue weighted by Gasteiger charge is -2.03. The molecule has 0 bridgehead atoms. The minimum atomic E-state index is -0.0198. The van der Waals surface area contributed by atoms with Crippen LogP contribution in [0.4, 0.5) is 0 Å². The normalized spacial score (nSPS) is 20.4. The van der Waals surface area contributed by atoms with Crippen LogP contribution in [0.1, 0.15) is 11.6 Å². The van der Waals surface area contributed by atoms with Crippen LogP contribution in [0.15, 0.2) is 16.6 Å². The van der Waals surface area contributed by atoms with Gasteiger partial charge in [-0.15, -0.1) is 0 Å². The highest BCUT2D eigenvalue weighted by Crippen LogP contribution is 2.41. The summed E-state index contributed by atoms with van der Waals surface area (Å²) in [6.45, 7) is 0.536. The largest absolute Gasteiger partial charge is 0.490 e. The third-order valence-corrected chi connectivity index (χ3v) is 3.22. The van der Waals surface area contributed by atoms with Gasteiger partial charge in [-0.3, -0.25) is 0 Å². The average Bonchev–Trinajstić information content (AvgIpc) is 2.41. The minimum absolute atomic E-state index is 0.0198. The number of benzene rings is 1. The van der Waals surface area contributed by atoms with Crippen LogP contribution in [0.5, 0.6) is 5.75 Å². The monoisotopic (exact) mass is 247 g/mol. The zero-order valence-corrected chi connectivity index (χ0v) is 8.52. The number of ether oxygens (including phenoxy) is 1. The molecule has 1 aromatic carbocycles. The van der Waals surface area contributed by atoms with Crippen molar-refractivity contribution in [1.29, 1.82) is 0 Å². The first kappa shape index (κ1) is 8.35. The molecule has 1 aromatic rings. The van der Waals surface area contributed by atoms with Crippen molar-refractivity contribution in [2.45, 2.75) is 6.04 Å². The van der Waals surface area contributed by atoms with Crippen LogP contribution in [0.25, 0.3) is 0 Å². The highest BCUT2D eigenvalue weighted by molar-refractivity contribution is 9.10. The summed E-state index contributed by atoms with van der Waals surface area (Å²) in [6.07, 6.45) is 0. The topological polar surface area (TPSA) is 35.2 Å². The Labute approximate surface area is 83.8 Å². The lowest BCUT2D eigenvalue weighted by Crippen LogP contribution is -2.10. The number of nitrogens with two attached hydrogens (primary N) is 1. The summed E-state index contributed by atoms with van der Waals surface area (Å²) in [4.78, 5) is 0. The van der Waals surface area contributed by atoms with Gasteiger partial charge < -0.3 is 10.5 Å². The van der Waals surface area contributed by atoms with Gasteiger partial charge in [-0.05, 0) is 22.0 Å². The van der Waals surface area contributed by atoms with Gasteiger partial charge in [0.25, 0.3) is 0 Å². The van der Waals surface area contributed by atoms with Crippen molar-refractivity contribution >= 4 is 27.5 Å². The van der Waals surface area contributed by atoms with Gasteiger partial charge in [-0.1, -0.05) is 17.7 Å². The number of hydrogen-bond donors (Lipinski definition) is 1. The van der Waals surface area contributed by atoms with Crippen LogP contribution in [-0.4, -0.2) is 6.61 Å². The first-order valence-electron chi connectivity index (χ1n) is 3.56. The van der Waals surface area contributed by atoms with Crippen molar-refractivity contribution in [3.63, 3.8) is 0 Å². The third-order valence-electron chi connectivity index (χ3n) is 1.89. The summed E-state index contributed by atoms with van der Waals surface area (Å²) in [6, 6.07) is 3.70. The Morgan fingerprint density at radius 3 is 3.08 bits per heavy atom. The number of rotatable bonds is 0. The molecule has 1 heterocycles. The van der Waals surface area contributed by atoms with Crippen molar-refractivity contribution in [1.82, 2.24) is 0 Å². The average molecular weight is 249 g/mol. The first-order valence-corrected chi connectivity index (χ1v) is 4.73. The second-order valence-electron chi connectivity index (χ2n) is 2.70. The second kappa shape index (κ2) is 2.91. The Balaban J connectivity index is 2.60. The highest BCUT2D eigenvalue weighted by atomic mass is 79.9. The van der Waals surface area contributed by atoms with Crippen LogP contribution < -0.4 is 10.5 Å². The smallest absolute Gasteiger partial charge is 0.139 e. The molecule has 4 heteroatoms. The summed E-state index contributed by atoms with van der Waals surface area (Å²) in [5.74, 6) is 0.787. The van der Waals surface area contributed by atoms with Crippen molar-refractivity contribution < 1.29 is 4.74 Å². The maximum atomic E-state index is 5.87. The quantitative estimate of drug-likeness (QED) is 0.766. The fraction of sp³-hybridized carbons (Fsp3) is 0.250. The molecule has 2 nitrogen and oxygen atoms in total. The van der Waals surface area contributed by atoms with Gasteiger partial charge in [0.2, 0.25) is 0 Å². The molecule has 0 radical (unpaired) electrons. The molecular formula is C8H7BrClNO. The van der Waals surface area contributed by atoms with Gasteiger partial charge in [-0.2, -0.15) is 0 Å². The van der Waals surface area contributed by atoms with Crippen LogP contribution in [0.3, 0.4) is 0 Å². The van der Waals surface area contributed by atoms with E-state index in [1.54, 1.807) is 0 Å². The predicted octanol–water partition coefficient (Wildman–Crippen LogP) is 2.49. The lowest BCUT2D eigenvalue weighted by molar-refractivity contribution is 0.332. The first-order chi connectivity index (χ1) is 5.70. The fourth-order valence-electron chi connectivity index (χ4n) is 1.25. The van der Waals surface area contributed by atoms with Gasteiger partial charge in [0.1, 0.15) is 12.4 Å². The Morgan fingerprint density at radius 1 is 1.58 bits per heavy atom. The second-order valence-corrected chi connectivity index (χ2v) is 3.90. The molecule has 1 aliphatic rings. The zero-order valence-electron chi connectivity index (χ0n) is 6.18. The highest BCUT2D eigenvalue weighted by Gasteiger charge is 2.23. The molecular weight excluding hydrogens is 241 g/mol. The molecule has 1 aliphatic heterocycles. The van der Waals surface area contributed by atoms with E-state index in [1.807, 2.05) is 12.1 Å². The Kier molecular flexibility index (Phi) is 2.02. The Hall–Kier alpha value is -0.250. The Morgan fingerprint density at radius 2 is 2.33 bits per heavy atom. The van der Waals surface area contributed by atoms with Gasteiger partial charge in [0.15, 0.2) is 0 Å². The summed E-state index contributed by atoms with van der Waals surface area (Å²) >= 11 is 9.22. The van der Waals surface area contributed by atoms with Crippen molar-refractivity contribution in [3.05, 3.63) is 27.2 Å². The van der Waals surface area contributed by atoms with E-state index < -0.39 is 0 Å². The van der Waals surface area contributed by atoms with Gasteiger partial charge in [0, 0.05) is 5.56 Å². The molecule has 0 fully saturated rings. The van der Waals surface area contributed by atoms with Crippen molar-refractivity contribution in [2.75, 3.05) is 6.61 Å². The molecule has 0 amide bonds. The van der Waals surface area contributed by atoms with Crippen molar-refractivity contribution in [3.8, 4) is 5.75 Å². The van der Waals surface area contributed by atoms with E-state index in [0.29, 0.717) is 11.6 Å². The summed E-state index contributed by atoms with van der Waals surface area (Å²) in [7, 11) is 0. The molecule has 0 aromatic heterocycles. The standard InChI is InChI=1S/C8H7BrClNO/c9-7-5(10)2-1-4-6(11)3-12-8(4)7/h1-2,6H,3,11H2/t6-/m1/s1. The molecule has 0 unspecified atom stereocenters. The molecule has 0 aliphatic carbocycles. The third kappa shape index (κ3) is 1.13. The van der Waals surface area contributed by atoms with Gasteiger partial charge in [0.05, 0.1) is 15.5 Å². The maximum Gasteiger partial charge on any atom is 0.139 e. The van der Waals surface area contributed by atoms with E-state index in [2.05, 4.69) is 15.9 Å². The number of halogens is 2. The molecule has 0 saturated heterocycles. The van der Waals surface area contributed by atoms with Gasteiger partial charge in [-0.25, -0.2) is 0 Å². The maximum absolute atomic E-state index is 5.87. The van der Waals surface area contributed by atoms with E-state index in [4.69, 9.17) is 22.1 Å². The number of fused-ring (bicyclic) bond motifs is 1. The van der Waals surface area contributed by atoms with E-state index in [-0.39, 0.29) is 6.04 Å². The van der Waals surface area contributed by atoms with Crippen LogP contribution in [0.2, 0.25) is 5.02 Å². The predicted molar refractivity (Wildman–Crippen MR) is 51.6 cm³/mol. The van der Waals surface area contributed by atoms with Crippen LogP contribution in [-0.2, 0) is 0 Å². The van der Waals surface area contributed by atoms with Crippen molar-refractivity contribution in [2.24, 2.45) is 5.73 Å². The summed E-state index contributed by atoms with van der Waals surface area (Å²) in [5.41, 5.74) is 6.80. The minimum Gasteiger partial charge on any atom is -0.490 e. The lowest BCUT2D eigenvalue weighted by atomic mass is 10.1. The molecule has 12 heavy (non-hydrogen) atoms. The van der Waals surface area contributed by atoms with E-state index in [1.165, 1.54) is 0 Å². The molecule has 2 N–H and O–H groups in total.